The second kappa shape index (κ2) is 10.8. The fourth-order valence-electron chi connectivity index (χ4n) is 2.25. The van der Waals surface area contributed by atoms with Gasteiger partial charge in [-0.05, 0) is 25.5 Å². The Morgan fingerprint density at radius 3 is 2.70 bits per heavy atom. The van der Waals surface area contributed by atoms with Crippen LogP contribution in [0.2, 0.25) is 0 Å². The Bertz CT molecular complexity index is 375. The van der Waals surface area contributed by atoms with Crippen molar-refractivity contribution >= 4 is 17.4 Å². The van der Waals surface area contributed by atoms with E-state index in [0.29, 0.717) is 6.04 Å². The van der Waals surface area contributed by atoms with Crippen molar-refractivity contribution < 1.29 is 0 Å². The van der Waals surface area contributed by atoms with E-state index in [9.17, 15) is 0 Å². The molecular formula is C18H29NS. The third-order valence-corrected chi connectivity index (χ3v) is 4.46. The van der Waals surface area contributed by atoms with Crippen LogP contribution in [0.3, 0.4) is 0 Å². The Morgan fingerprint density at radius 2 is 1.95 bits per heavy atom. The van der Waals surface area contributed by atoms with Gasteiger partial charge in [-0.15, -0.1) is 18.3 Å². The molecule has 0 saturated carbocycles. The number of hydrogen-bond donors (Lipinski definition) is 1. The van der Waals surface area contributed by atoms with Gasteiger partial charge in [-0.1, -0.05) is 57.2 Å². The molecule has 1 aromatic carbocycles. The maximum absolute atomic E-state index is 3.79. The van der Waals surface area contributed by atoms with Crippen LogP contribution in [0.15, 0.2) is 41.8 Å². The summed E-state index contributed by atoms with van der Waals surface area (Å²) in [5.74, 6) is 0.962. The number of para-hydroxylation sites is 1. The summed E-state index contributed by atoms with van der Waals surface area (Å²) in [4.78, 5) is 1.32. The first kappa shape index (κ1) is 17.2. The van der Waals surface area contributed by atoms with E-state index in [1.165, 1.54) is 49.1 Å². The largest absolute Gasteiger partial charge is 0.382 e. The maximum Gasteiger partial charge on any atom is 0.0480 e. The minimum Gasteiger partial charge on any atom is -0.382 e. The summed E-state index contributed by atoms with van der Waals surface area (Å²) in [5.41, 5.74) is 1.26. The first-order valence-electron chi connectivity index (χ1n) is 7.87. The van der Waals surface area contributed by atoms with Gasteiger partial charge in [0.25, 0.3) is 0 Å². The van der Waals surface area contributed by atoms with Crippen molar-refractivity contribution in [2.24, 2.45) is 0 Å². The third-order valence-electron chi connectivity index (χ3n) is 3.39. The highest BCUT2D eigenvalue weighted by atomic mass is 32.2. The number of unbranched alkanes of at least 4 members (excludes halogenated alkanes) is 4. The van der Waals surface area contributed by atoms with E-state index in [4.69, 9.17) is 0 Å². The molecule has 0 fully saturated rings. The number of anilines is 1. The molecule has 0 aliphatic carbocycles. The zero-order valence-corrected chi connectivity index (χ0v) is 13.8. The van der Waals surface area contributed by atoms with Gasteiger partial charge in [0.15, 0.2) is 0 Å². The fraction of sp³-hybridized carbons (Fsp3) is 0.556. The fourth-order valence-corrected chi connectivity index (χ4v) is 3.01. The van der Waals surface area contributed by atoms with Gasteiger partial charge in [-0.2, -0.15) is 0 Å². The minimum absolute atomic E-state index is 0.544. The summed E-state index contributed by atoms with van der Waals surface area (Å²) >= 11 is 1.84. The van der Waals surface area contributed by atoms with E-state index in [1.54, 1.807) is 0 Å². The summed E-state index contributed by atoms with van der Waals surface area (Å²) in [6.45, 7) is 8.34. The van der Waals surface area contributed by atoms with Crippen molar-refractivity contribution in [1.82, 2.24) is 0 Å². The van der Waals surface area contributed by atoms with Crippen LogP contribution in [-0.4, -0.2) is 11.8 Å². The summed E-state index contributed by atoms with van der Waals surface area (Å²) in [6, 6.07) is 9.12. The van der Waals surface area contributed by atoms with Crippen LogP contribution >= 0.6 is 11.8 Å². The van der Waals surface area contributed by atoms with Crippen LogP contribution in [0, 0.1) is 0 Å². The van der Waals surface area contributed by atoms with Gasteiger partial charge in [0.1, 0.15) is 0 Å². The molecule has 1 unspecified atom stereocenters. The predicted molar refractivity (Wildman–Crippen MR) is 93.8 cm³/mol. The number of nitrogens with one attached hydrogen (secondary N) is 1. The van der Waals surface area contributed by atoms with Crippen LogP contribution in [0.5, 0.6) is 0 Å². The number of hydrogen-bond acceptors (Lipinski definition) is 2. The molecule has 0 spiro atoms. The van der Waals surface area contributed by atoms with Crippen LogP contribution in [0.4, 0.5) is 5.69 Å². The van der Waals surface area contributed by atoms with Gasteiger partial charge in [0, 0.05) is 22.4 Å². The summed E-state index contributed by atoms with van der Waals surface area (Å²) in [7, 11) is 0. The van der Waals surface area contributed by atoms with E-state index >= 15 is 0 Å². The second-order valence-corrected chi connectivity index (χ2v) is 6.41. The molecule has 1 rings (SSSR count). The van der Waals surface area contributed by atoms with E-state index < -0.39 is 0 Å². The van der Waals surface area contributed by atoms with Crippen molar-refractivity contribution in [3.8, 4) is 0 Å². The standard InChI is InChI=1S/C18H29NS/c1-4-6-7-8-9-12-16(3)19-17-13-10-11-14-18(17)20-15-5-2/h5,10-11,13-14,16,19H,2,4,6-9,12,15H2,1,3H3. The molecule has 0 radical (unpaired) electrons. The zero-order valence-electron chi connectivity index (χ0n) is 13.0. The molecule has 0 saturated heterocycles. The van der Waals surface area contributed by atoms with Gasteiger partial charge in [0.05, 0.1) is 0 Å². The monoisotopic (exact) mass is 291 g/mol. The Kier molecular flexibility index (Phi) is 9.31. The SMILES string of the molecule is C=CCSc1ccccc1NC(C)CCCCCCC. The molecule has 1 N–H and O–H groups in total. The van der Waals surface area contributed by atoms with Gasteiger partial charge in [0.2, 0.25) is 0 Å². The maximum atomic E-state index is 3.79. The summed E-state index contributed by atoms with van der Waals surface area (Å²) in [6.07, 6.45) is 9.99. The molecule has 1 nitrogen and oxygen atoms in total. The molecule has 2 heteroatoms. The van der Waals surface area contributed by atoms with E-state index in [0.717, 1.165) is 5.75 Å². The highest BCUT2D eigenvalue weighted by Gasteiger charge is 2.06. The molecule has 0 bridgehead atoms. The Labute approximate surface area is 129 Å². The molecule has 112 valence electrons. The molecule has 1 atom stereocenters. The second-order valence-electron chi connectivity index (χ2n) is 5.34. The van der Waals surface area contributed by atoms with Gasteiger partial charge >= 0.3 is 0 Å². The number of rotatable bonds is 11. The van der Waals surface area contributed by atoms with Crippen molar-refractivity contribution in [2.45, 2.75) is 63.3 Å². The van der Waals surface area contributed by atoms with Crippen LogP contribution < -0.4 is 5.32 Å². The molecule has 0 aliphatic rings. The quantitative estimate of drug-likeness (QED) is 0.299. The normalized spacial score (nSPS) is 12.1. The van der Waals surface area contributed by atoms with Gasteiger partial charge in [-0.25, -0.2) is 0 Å². The van der Waals surface area contributed by atoms with E-state index in [2.05, 4.69) is 50.0 Å². The Morgan fingerprint density at radius 1 is 1.20 bits per heavy atom. The lowest BCUT2D eigenvalue weighted by Gasteiger charge is -2.17. The molecular weight excluding hydrogens is 262 g/mol. The first-order chi connectivity index (χ1) is 9.77. The van der Waals surface area contributed by atoms with Crippen LogP contribution in [-0.2, 0) is 0 Å². The molecule has 0 aromatic heterocycles. The topological polar surface area (TPSA) is 12.0 Å². The molecule has 0 heterocycles. The van der Waals surface area contributed by atoms with Crippen molar-refractivity contribution in [3.05, 3.63) is 36.9 Å². The van der Waals surface area contributed by atoms with Gasteiger partial charge in [-0.3, -0.25) is 0 Å². The highest BCUT2D eigenvalue weighted by Crippen LogP contribution is 2.27. The van der Waals surface area contributed by atoms with Crippen LogP contribution in [0.25, 0.3) is 0 Å². The minimum atomic E-state index is 0.544. The average molecular weight is 292 g/mol. The molecule has 20 heavy (non-hydrogen) atoms. The van der Waals surface area contributed by atoms with Crippen molar-refractivity contribution in [2.75, 3.05) is 11.1 Å². The molecule has 1 aromatic rings. The smallest absolute Gasteiger partial charge is 0.0480 e. The Balaban J connectivity index is 2.36. The summed E-state index contributed by atoms with van der Waals surface area (Å²) < 4.78 is 0. The number of benzene rings is 1. The molecule has 0 amide bonds. The first-order valence-corrected chi connectivity index (χ1v) is 8.85. The van der Waals surface area contributed by atoms with Crippen molar-refractivity contribution in [3.63, 3.8) is 0 Å². The lowest BCUT2D eigenvalue weighted by Crippen LogP contribution is -2.15. The lowest BCUT2D eigenvalue weighted by atomic mass is 10.1. The molecule has 0 aliphatic heterocycles. The summed E-state index contributed by atoms with van der Waals surface area (Å²) in [5, 5.41) is 3.66. The van der Waals surface area contributed by atoms with E-state index in [-0.39, 0.29) is 0 Å². The van der Waals surface area contributed by atoms with Gasteiger partial charge < -0.3 is 5.32 Å². The zero-order chi connectivity index (χ0) is 14.6. The highest BCUT2D eigenvalue weighted by molar-refractivity contribution is 7.99. The average Bonchev–Trinajstić information content (AvgIpc) is 2.46. The van der Waals surface area contributed by atoms with Crippen molar-refractivity contribution in [1.29, 1.82) is 0 Å². The number of thioether (sulfide) groups is 1. The van der Waals surface area contributed by atoms with Crippen LogP contribution in [0.1, 0.15) is 52.4 Å². The Hall–Kier alpha value is -0.890. The third kappa shape index (κ3) is 7.04. The lowest BCUT2D eigenvalue weighted by molar-refractivity contribution is 0.578. The van der Waals surface area contributed by atoms with E-state index in [1.807, 2.05) is 17.8 Å². The predicted octanol–water partition coefficient (Wildman–Crippen LogP) is 6.13.